The minimum Gasteiger partial charge on any atom is -0.325 e. The summed E-state index contributed by atoms with van der Waals surface area (Å²) in [6, 6.07) is 0. The van der Waals surface area contributed by atoms with Crippen LogP contribution < -0.4 is 5.73 Å². The second-order valence-corrected chi connectivity index (χ2v) is 5.47. The lowest BCUT2D eigenvalue weighted by Gasteiger charge is -2.27. The molecule has 0 bridgehead atoms. The van der Waals surface area contributed by atoms with Crippen molar-refractivity contribution in [2.45, 2.75) is 71.8 Å². The van der Waals surface area contributed by atoms with Gasteiger partial charge in [0.2, 0.25) is 0 Å². The summed E-state index contributed by atoms with van der Waals surface area (Å²) in [4.78, 5) is 0. The molecule has 2 atom stereocenters. The first-order valence-electron chi connectivity index (χ1n) is 6.55. The van der Waals surface area contributed by atoms with E-state index in [9.17, 15) is 0 Å². The van der Waals surface area contributed by atoms with Crippen molar-refractivity contribution in [2.24, 2.45) is 17.6 Å². The van der Waals surface area contributed by atoms with E-state index in [1.54, 1.807) is 0 Å². The van der Waals surface area contributed by atoms with Crippen LogP contribution in [0.4, 0.5) is 0 Å². The third-order valence-electron chi connectivity index (χ3n) is 3.66. The Kier molecular flexibility index (Phi) is 7.25. The van der Waals surface area contributed by atoms with Gasteiger partial charge in [-0.05, 0) is 44.4 Å². The van der Waals surface area contributed by atoms with Crippen molar-refractivity contribution in [2.75, 3.05) is 0 Å². The van der Waals surface area contributed by atoms with Gasteiger partial charge in [0.15, 0.2) is 0 Å². The van der Waals surface area contributed by atoms with Gasteiger partial charge in [-0.1, -0.05) is 40.5 Å². The molecule has 0 aliphatic carbocycles. The zero-order chi connectivity index (χ0) is 11.9. The average Bonchev–Trinajstić information content (AvgIpc) is 2.22. The van der Waals surface area contributed by atoms with Gasteiger partial charge in [0.25, 0.3) is 0 Å². The molecule has 2 unspecified atom stereocenters. The van der Waals surface area contributed by atoms with E-state index in [0.717, 1.165) is 24.7 Å². The van der Waals surface area contributed by atoms with Crippen molar-refractivity contribution >= 4 is 0 Å². The lowest BCUT2D eigenvalue weighted by molar-refractivity contribution is 0.347. The van der Waals surface area contributed by atoms with E-state index in [-0.39, 0.29) is 5.54 Å². The highest BCUT2D eigenvalue weighted by Crippen LogP contribution is 2.23. The Morgan fingerprint density at radius 3 is 1.60 bits per heavy atom. The van der Waals surface area contributed by atoms with Crippen molar-refractivity contribution in [1.29, 1.82) is 0 Å². The molecule has 0 aromatic heterocycles. The molecule has 0 saturated heterocycles. The maximum Gasteiger partial charge on any atom is 0.0155 e. The Morgan fingerprint density at radius 1 is 1.00 bits per heavy atom. The first kappa shape index (κ1) is 15.0. The van der Waals surface area contributed by atoms with Gasteiger partial charge in [0.05, 0.1) is 0 Å². The fourth-order valence-corrected chi connectivity index (χ4v) is 1.60. The van der Waals surface area contributed by atoms with Crippen LogP contribution in [0.25, 0.3) is 0 Å². The van der Waals surface area contributed by atoms with Crippen molar-refractivity contribution < 1.29 is 0 Å². The molecule has 0 saturated carbocycles. The average molecular weight is 212 g/mol. The van der Waals surface area contributed by atoms with Gasteiger partial charge in [-0.15, -0.1) is 0 Å². The second-order valence-electron chi connectivity index (χ2n) is 5.47. The fourth-order valence-electron chi connectivity index (χ4n) is 1.60. The quantitative estimate of drug-likeness (QED) is 0.642. The summed E-state index contributed by atoms with van der Waals surface area (Å²) in [6.07, 6.45) is 7.08. The number of hydrogen-bond donors (Lipinski definition) is 1. The standard InChI is InChI=1S/C14H30N/c1-6-12(3)8-10-14(5,15)11-9-13(4)7-2/h12-13H,5-11,15H2,1-4H3. The van der Waals surface area contributed by atoms with Crippen LogP contribution in [0.5, 0.6) is 0 Å². The van der Waals surface area contributed by atoms with E-state index in [1.807, 2.05) is 0 Å². The van der Waals surface area contributed by atoms with Crippen LogP contribution in [0.1, 0.15) is 66.2 Å². The molecule has 0 amide bonds. The summed E-state index contributed by atoms with van der Waals surface area (Å²) >= 11 is 0. The van der Waals surface area contributed by atoms with Gasteiger partial charge in [0.1, 0.15) is 0 Å². The van der Waals surface area contributed by atoms with Crippen LogP contribution in [-0.2, 0) is 0 Å². The first-order chi connectivity index (χ1) is 6.91. The highest BCUT2D eigenvalue weighted by atomic mass is 14.7. The zero-order valence-electron chi connectivity index (χ0n) is 11.2. The summed E-state index contributed by atoms with van der Waals surface area (Å²) in [5.74, 6) is 1.58. The van der Waals surface area contributed by atoms with Gasteiger partial charge in [-0.25, -0.2) is 0 Å². The molecule has 0 rings (SSSR count). The third-order valence-corrected chi connectivity index (χ3v) is 3.66. The Morgan fingerprint density at radius 2 is 1.33 bits per heavy atom. The van der Waals surface area contributed by atoms with E-state index >= 15 is 0 Å². The highest BCUT2D eigenvalue weighted by Gasteiger charge is 2.19. The summed E-state index contributed by atoms with van der Waals surface area (Å²) in [5, 5.41) is 0. The van der Waals surface area contributed by atoms with Crippen molar-refractivity contribution in [3.8, 4) is 0 Å². The van der Waals surface area contributed by atoms with Crippen LogP contribution in [0.15, 0.2) is 0 Å². The summed E-state index contributed by atoms with van der Waals surface area (Å²) in [5.41, 5.74) is 6.02. The fraction of sp³-hybridized carbons (Fsp3) is 0.929. The topological polar surface area (TPSA) is 26.0 Å². The lowest BCUT2D eigenvalue weighted by atomic mass is 9.85. The Bertz CT molecular complexity index is 135. The molecule has 0 spiro atoms. The van der Waals surface area contributed by atoms with Crippen molar-refractivity contribution in [1.82, 2.24) is 0 Å². The van der Waals surface area contributed by atoms with Crippen LogP contribution in [0, 0.1) is 18.8 Å². The molecular formula is C14H30N. The molecule has 0 aliphatic heterocycles. The Balaban J connectivity index is 3.75. The van der Waals surface area contributed by atoms with Gasteiger partial charge >= 0.3 is 0 Å². The number of hydrogen-bond acceptors (Lipinski definition) is 1. The summed E-state index contributed by atoms with van der Waals surface area (Å²) in [7, 11) is 0. The molecule has 2 N–H and O–H groups in total. The summed E-state index contributed by atoms with van der Waals surface area (Å²) in [6.45, 7) is 13.2. The van der Waals surface area contributed by atoms with E-state index < -0.39 is 0 Å². The van der Waals surface area contributed by atoms with Crippen LogP contribution >= 0.6 is 0 Å². The van der Waals surface area contributed by atoms with Gasteiger partial charge in [0, 0.05) is 5.54 Å². The van der Waals surface area contributed by atoms with E-state index in [2.05, 4.69) is 34.6 Å². The molecule has 0 aromatic rings. The van der Waals surface area contributed by atoms with E-state index in [4.69, 9.17) is 5.73 Å². The largest absolute Gasteiger partial charge is 0.325 e. The molecule has 1 heteroatoms. The molecule has 1 radical (unpaired) electrons. The molecule has 1 nitrogen and oxygen atoms in total. The van der Waals surface area contributed by atoms with Gasteiger partial charge in [-0.3, -0.25) is 0 Å². The van der Waals surface area contributed by atoms with Gasteiger partial charge < -0.3 is 5.73 Å². The maximum atomic E-state index is 6.21. The van der Waals surface area contributed by atoms with Crippen LogP contribution in [-0.4, -0.2) is 5.54 Å². The minimum atomic E-state index is -0.188. The van der Waals surface area contributed by atoms with E-state index in [1.165, 1.54) is 25.7 Å². The predicted molar refractivity (Wildman–Crippen MR) is 69.7 cm³/mol. The van der Waals surface area contributed by atoms with Crippen LogP contribution in [0.2, 0.25) is 0 Å². The number of rotatable bonds is 8. The molecular weight excluding hydrogens is 182 g/mol. The molecule has 0 aliphatic rings. The third kappa shape index (κ3) is 7.84. The zero-order valence-corrected chi connectivity index (χ0v) is 11.2. The number of nitrogens with two attached hydrogens (primary N) is 1. The monoisotopic (exact) mass is 212 g/mol. The van der Waals surface area contributed by atoms with Gasteiger partial charge in [-0.2, -0.15) is 0 Å². The Hall–Kier alpha value is -0.0400. The maximum absolute atomic E-state index is 6.21. The lowest BCUT2D eigenvalue weighted by Crippen LogP contribution is -2.37. The molecule has 0 aromatic carbocycles. The molecule has 91 valence electrons. The van der Waals surface area contributed by atoms with Crippen molar-refractivity contribution in [3.05, 3.63) is 6.92 Å². The van der Waals surface area contributed by atoms with E-state index in [0.29, 0.717) is 0 Å². The molecule has 0 heterocycles. The van der Waals surface area contributed by atoms with Crippen molar-refractivity contribution in [3.63, 3.8) is 0 Å². The smallest absolute Gasteiger partial charge is 0.0155 e. The predicted octanol–water partition coefficient (Wildman–Crippen LogP) is 4.17. The second kappa shape index (κ2) is 7.27. The molecule has 15 heavy (non-hydrogen) atoms. The highest BCUT2D eigenvalue weighted by molar-refractivity contribution is 4.87. The normalized spacial score (nSPS) is 19.6. The SMILES string of the molecule is [CH2]C(N)(CCC(C)CC)CCC(C)CC. The molecule has 0 fully saturated rings. The summed E-state index contributed by atoms with van der Waals surface area (Å²) < 4.78 is 0. The first-order valence-corrected chi connectivity index (χ1v) is 6.55. The minimum absolute atomic E-state index is 0.188. The van der Waals surface area contributed by atoms with Crippen LogP contribution in [0.3, 0.4) is 0 Å². The Labute approximate surface area is 96.8 Å².